The minimum absolute atomic E-state index is 0.160. The van der Waals surface area contributed by atoms with Crippen molar-refractivity contribution < 1.29 is 9.47 Å². The van der Waals surface area contributed by atoms with Gasteiger partial charge < -0.3 is 20.1 Å². The Balaban J connectivity index is 1.82. The highest BCUT2D eigenvalue weighted by molar-refractivity contribution is 5.81. The Morgan fingerprint density at radius 1 is 1.71 bits per heavy atom. The van der Waals surface area contributed by atoms with Gasteiger partial charge in [-0.1, -0.05) is 0 Å². The highest BCUT2D eigenvalue weighted by Crippen LogP contribution is 2.21. The standard InChI is InChI=1S/C9H17N3O2/c1-13-9(2-5-14-7-9)6-12-8-10-3-4-11-8/h2-7H2,1H3,(H2,10,11,12). The molecule has 1 atom stereocenters. The minimum atomic E-state index is -0.160. The predicted molar refractivity (Wildman–Crippen MR) is 53.5 cm³/mol. The van der Waals surface area contributed by atoms with Crippen molar-refractivity contribution in [1.82, 2.24) is 10.6 Å². The first-order chi connectivity index (χ1) is 6.85. The van der Waals surface area contributed by atoms with Gasteiger partial charge in [0.25, 0.3) is 0 Å². The lowest BCUT2D eigenvalue weighted by molar-refractivity contribution is -0.0127. The molecule has 0 aliphatic carbocycles. The maximum Gasteiger partial charge on any atom is 0.191 e. The summed E-state index contributed by atoms with van der Waals surface area (Å²) in [5.74, 6) is 0.883. The first-order valence-electron chi connectivity index (χ1n) is 5.00. The van der Waals surface area contributed by atoms with E-state index in [1.807, 2.05) is 0 Å². The highest BCUT2D eigenvalue weighted by atomic mass is 16.5. The summed E-state index contributed by atoms with van der Waals surface area (Å²) >= 11 is 0. The van der Waals surface area contributed by atoms with Gasteiger partial charge >= 0.3 is 0 Å². The predicted octanol–water partition coefficient (Wildman–Crippen LogP) is -0.659. The van der Waals surface area contributed by atoms with Crippen LogP contribution in [-0.4, -0.2) is 51.5 Å². The Hall–Kier alpha value is -0.810. The molecule has 2 aliphatic heterocycles. The van der Waals surface area contributed by atoms with Gasteiger partial charge in [0.1, 0.15) is 5.60 Å². The maximum atomic E-state index is 5.49. The monoisotopic (exact) mass is 199 g/mol. The van der Waals surface area contributed by atoms with Crippen LogP contribution in [0.25, 0.3) is 0 Å². The van der Waals surface area contributed by atoms with Crippen LogP contribution in [0.3, 0.4) is 0 Å². The largest absolute Gasteiger partial charge is 0.378 e. The molecule has 2 aliphatic rings. The normalized spacial score (nSPS) is 31.4. The summed E-state index contributed by atoms with van der Waals surface area (Å²) in [5, 5.41) is 6.41. The smallest absolute Gasteiger partial charge is 0.191 e. The molecule has 2 rings (SSSR count). The molecular weight excluding hydrogens is 182 g/mol. The first kappa shape index (κ1) is 9.73. The lowest BCUT2D eigenvalue weighted by Crippen LogP contribution is -2.47. The molecule has 80 valence electrons. The molecule has 0 spiro atoms. The highest BCUT2D eigenvalue weighted by Gasteiger charge is 2.35. The van der Waals surface area contributed by atoms with E-state index in [1.165, 1.54) is 0 Å². The third-order valence-corrected chi connectivity index (χ3v) is 2.75. The van der Waals surface area contributed by atoms with Gasteiger partial charge in [0.2, 0.25) is 0 Å². The van der Waals surface area contributed by atoms with Gasteiger partial charge in [0, 0.05) is 33.2 Å². The molecule has 2 N–H and O–H groups in total. The summed E-state index contributed by atoms with van der Waals surface area (Å²) in [6.45, 7) is 4.01. The molecule has 0 aromatic carbocycles. The van der Waals surface area contributed by atoms with Gasteiger partial charge in [0.15, 0.2) is 5.96 Å². The van der Waals surface area contributed by atoms with Crippen molar-refractivity contribution in [2.24, 2.45) is 4.99 Å². The average molecular weight is 199 g/mol. The van der Waals surface area contributed by atoms with E-state index in [4.69, 9.17) is 9.47 Å². The molecule has 0 bridgehead atoms. The van der Waals surface area contributed by atoms with Gasteiger partial charge in [-0.15, -0.1) is 0 Å². The minimum Gasteiger partial charge on any atom is -0.378 e. The van der Waals surface area contributed by atoms with Crippen molar-refractivity contribution in [3.05, 3.63) is 0 Å². The number of nitrogens with zero attached hydrogens (tertiary/aromatic N) is 1. The van der Waals surface area contributed by atoms with Crippen LogP contribution in [-0.2, 0) is 9.47 Å². The van der Waals surface area contributed by atoms with E-state index in [1.54, 1.807) is 7.11 Å². The van der Waals surface area contributed by atoms with Crippen molar-refractivity contribution >= 4 is 5.96 Å². The van der Waals surface area contributed by atoms with E-state index >= 15 is 0 Å². The van der Waals surface area contributed by atoms with Crippen LogP contribution < -0.4 is 10.6 Å². The van der Waals surface area contributed by atoms with Crippen LogP contribution in [0.1, 0.15) is 6.42 Å². The summed E-state index contributed by atoms with van der Waals surface area (Å²) in [6, 6.07) is 0. The van der Waals surface area contributed by atoms with Crippen molar-refractivity contribution in [1.29, 1.82) is 0 Å². The number of ether oxygens (including phenoxy) is 2. The molecule has 1 saturated heterocycles. The van der Waals surface area contributed by atoms with Gasteiger partial charge in [-0.2, -0.15) is 0 Å². The van der Waals surface area contributed by atoms with Crippen molar-refractivity contribution in [3.63, 3.8) is 0 Å². The fraction of sp³-hybridized carbons (Fsp3) is 0.889. The van der Waals surface area contributed by atoms with Crippen LogP contribution in [0, 0.1) is 0 Å². The summed E-state index contributed by atoms with van der Waals surface area (Å²) in [5.41, 5.74) is -0.160. The van der Waals surface area contributed by atoms with Gasteiger partial charge in [0.05, 0.1) is 13.2 Å². The molecule has 0 aromatic rings. The van der Waals surface area contributed by atoms with E-state index in [-0.39, 0.29) is 5.60 Å². The fourth-order valence-electron chi connectivity index (χ4n) is 1.72. The second-order valence-electron chi connectivity index (χ2n) is 3.70. The van der Waals surface area contributed by atoms with E-state index in [2.05, 4.69) is 15.6 Å². The molecule has 14 heavy (non-hydrogen) atoms. The summed E-state index contributed by atoms with van der Waals surface area (Å²) in [6.07, 6.45) is 0.948. The number of nitrogens with one attached hydrogen (secondary N) is 2. The third-order valence-electron chi connectivity index (χ3n) is 2.75. The fourth-order valence-corrected chi connectivity index (χ4v) is 1.72. The second-order valence-corrected chi connectivity index (χ2v) is 3.70. The number of hydrogen-bond donors (Lipinski definition) is 2. The van der Waals surface area contributed by atoms with Crippen LogP contribution >= 0.6 is 0 Å². The van der Waals surface area contributed by atoms with E-state index in [0.29, 0.717) is 6.61 Å². The number of guanidine groups is 1. The zero-order chi connectivity index (χ0) is 9.86. The van der Waals surface area contributed by atoms with E-state index < -0.39 is 0 Å². The summed E-state index contributed by atoms with van der Waals surface area (Å²) in [7, 11) is 1.74. The quantitative estimate of drug-likeness (QED) is 0.633. The van der Waals surface area contributed by atoms with Gasteiger partial charge in [-0.05, 0) is 0 Å². The second kappa shape index (κ2) is 4.14. The lowest BCUT2D eigenvalue weighted by atomic mass is 10.0. The van der Waals surface area contributed by atoms with Crippen LogP contribution in [0.4, 0.5) is 0 Å². The number of aliphatic imine (C=N–C) groups is 1. The zero-order valence-electron chi connectivity index (χ0n) is 8.51. The Labute approximate surface area is 83.9 Å². The number of rotatable bonds is 3. The maximum absolute atomic E-state index is 5.49. The van der Waals surface area contributed by atoms with E-state index in [0.717, 1.165) is 38.6 Å². The Morgan fingerprint density at radius 2 is 2.64 bits per heavy atom. The zero-order valence-corrected chi connectivity index (χ0v) is 8.51. The number of methoxy groups -OCH3 is 1. The first-order valence-corrected chi connectivity index (χ1v) is 5.00. The van der Waals surface area contributed by atoms with Crippen molar-refractivity contribution in [3.8, 4) is 0 Å². The molecule has 0 amide bonds. The molecule has 2 heterocycles. The Kier molecular flexibility index (Phi) is 2.88. The van der Waals surface area contributed by atoms with E-state index in [9.17, 15) is 0 Å². The Bertz CT molecular complexity index is 224. The molecule has 0 saturated carbocycles. The van der Waals surface area contributed by atoms with Crippen LogP contribution in [0.5, 0.6) is 0 Å². The summed E-state index contributed by atoms with van der Waals surface area (Å²) in [4.78, 5) is 4.26. The molecule has 1 unspecified atom stereocenters. The van der Waals surface area contributed by atoms with Crippen molar-refractivity contribution in [2.75, 3.05) is 40.0 Å². The number of hydrogen-bond acceptors (Lipinski definition) is 5. The Morgan fingerprint density at radius 3 is 3.21 bits per heavy atom. The van der Waals surface area contributed by atoms with Crippen molar-refractivity contribution in [2.45, 2.75) is 12.0 Å². The van der Waals surface area contributed by atoms with Crippen LogP contribution in [0.2, 0.25) is 0 Å². The van der Waals surface area contributed by atoms with Gasteiger partial charge in [-0.25, -0.2) is 0 Å². The molecule has 5 nitrogen and oxygen atoms in total. The summed E-state index contributed by atoms with van der Waals surface area (Å²) < 4.78 is 10.8. The molecule has 0 radical (unpaired) electrons. The lowest BCUT2D eigenvalue weighted by Gasteiger charge is -2.26. The molecule has 1 fully saturated rings. The molecule has 5 heteroatoms. The molecule has 0 aromatic heterocycles. The van der Waals surface area contributed by atoms with Crippen LogP contribution in [0.15, 0.2) is 4.99 Å². The topological polar surface area (TPSA) is 54.9 Å². The third kappa shape index (κ3) is 1.99. The molecular formula is C9H17N3O2. The average Bonchev–Trinajstić information content (AvgIpc) is 2.87. The van der Waals surface area contributed by atoms with Gasteiger partial charge in [-0.3, -0.25) is 4.99 Å². The SMILES string of the molecule is COC1(CNC2=NCCN2)CCOC1.